The Hall–Kier alpha value is -0.970. The van der Waals surface area contributed by atoms with Gasteiger partial charge in [0.05, 0.1) is 5.02 Å². The topological polar surface area (TPSA) is 41.6 Å². The highest BCUT2D eigenvalue weighted by Crippen LogP contribution is 2.28. The van der Waals surface area contributed by atoms with Gasteiger partial charge in [0.1, 0.15) is 5.75 Å². The van der Waals surface area contributed by atoms with Crippen molar-refractivity contribution >= 4 is 29.1 Å². The van der Waals surface area contributed by atoms with Crippen LogP contribution in [0.2, 0.25) is 10.0 Å². The van der Waals surface area contributed by atoms with E-state index < -0.39 is 6.10 Å². The van der Waals surface area contributed by atoms with Crippen molar-refractivity contribution in [2.45, 2.75) is 31.9 Å². The lowest BCUT2D eigenvalue weighted by atomic mass is 10.1. The van der Waals surface area contributed by atoms with E-state index in [9.17, 15) is 4.79 Å². The van der Waals surface area contributed by atoms with Crippen LogP contribution in [0.25, 0.3) is 0 Å². The highest BCUT2D eigenvalue weighted by molar-refractivity contribution is 6.35. The fraction of sp³-hybridized carbons (Fsp3) is 0.533. The van der Waals surface area contributed by atoms with Crippen LogP contribution in [0.4, 0.5) is 0 Å². The smallest absolute Gasteiger partial charge is 0.260 e. The average Bonchev–Trinajstić information content (AvgIpc) is 2.44. The average molecular weight is 331 g/mol. The van der Waals surface area contributed by atoms with Crippen molar-refractivity contribution in [1.82, 2.24) is 10.2 Å². The lowest BCUT2D eigenvalue weighted by Crippen LogP contribution is -2.47. The first-order valence-electron chi connectivity index (χ1n) is 7.06. The second-order valence-corrected chi connectivity index (χ2v) is 6.26. The van der Waals surface area contributed by atoms with E-state index in [0.29, 0.717) is 15.8 Å². The van der Waals surface area contributed by atoms with E-state index >= 15 is 0 Å². The monoisotopic (exact) mass is 330 g/mol. The molecule has 0 aromatic heterocycles. The minimum atomic E-state index is -0.594. The van der Waals surface area contributed by atoms with Gasteiger partial charge in [-0.05, 0) is 58.1 Å². The predicted molar refractivity (Wildman–Crippen MR) is 85.2 cm³/mol. The third kappa shape index (κ3) is 4.77. The molecule has 21 heavy (non-hydrogen) atoms. The first-order chi connectivity index (χ1) is 9.95. The third-order valence-electron chi connectivity index (χ3n) is 3.63. The summed E-state index contributed by atoms with van der Waals surface area (Å²) < 4.78 is 5.61. The van der Waals surface area contributed by atoms with E-state index in [1.54, 1.807) is 25.1 Å². The molecular formula is C15H20Cl2N2O2. The lowest BCUT2D eigenvalue weighted by molar-refractivity contribution is -0.128. The third-order valence-corrected chi connectivity index (χ3v) is 4.16. The number of amides is 1. The van der Waals surface area contributed by atoms with E-state index in [-0.39, 0.29) is 11.9 Å². The maximum atomic E-state index is 12.2. The zero-order valence-corrected chi connectivity index (χ0v) is 13.7. The molecule has 1 saturated heterocycles. The number of ether oxygens (including phenoxy) is 1. The minimum absolute atomic E-state index is 0.115. The molecule has 1 aliphatic heterocycles. The number of hydrogen-bond acceptors (Lipinski definition) is 3. The molecule has 2 rings (SSSR count). The molecule has 6 heteroatoms. The quantitative estimate of drug-likeness (QED) is 0.922. The molecule has 0 spiro atoms. The SMILES string of the molecule is C[C@H](Oc1ccc(Cl)cc1Cl)C(=O)NC1CCN(C)CC1. The van der Waals surface area contributed by atoms with Crippen LogP contribution in [-0.2, 0) is 4.79 Å². The van der Waals surface area contributed by atoms with Crippen molar-refractivity contribution in [3.63, 3.8) is 0 Å². The minimum Gasteiger partial charge on any atom is -0.479 e. The predicted octanol–water partition coefficient (Wildman–Crippen LogP) is 2.97. The van der Waals surface area contributed by atoms with E-state index in [0.717, 1.165) is 25.9 Å². The maximum absolute atomic E-state index is 12.2. The Morgan fingerprint density at radius 2 is 2.05 bits per heavy atom. The number of rotatable bonds is 4. The van der Waals surface area contributed by atoms with Gasteiger partial charge in [0.2, 0.25) is 0 Å². The molecule has 0 saturated carbocycles. The molecule has 1 atom stereocenters. The molecule has 0 unspecified atom stereocenters. The molecule has 0 aliphatic carbocycles. The van der Waals surface area contributed by atoms with E-state index in [4.69, 9.17) is 27.9 Å². The fourth-order valence-electron chi connectivity index (χ4n) is 2.29. The van der Waals surface area contributed by atoms with Crippen molar-refractivity contribution < 1.29 is 9.53 Å². The number of carbonyl (C=O) groups excluding carboxylic acids is 1. The molecule has 1 amide bonds. The largest absolute Gasteiger partial charge is 0.479 e. The summed E-state index contributed by atoms with van der Waals surface area (Å²) in [6.07, 6.45) is 1.34. The summed E-state index contributed by atoms with van der Waals surface area (Å²) in [4.78, 5) is 14.4. The Kier molecular flexibility index (Phi) is 5.73. The first kappa shape index (κ1) is 16.4. The molecule has 1 aromatic carbocycles. The number of benzene rings is 1. The van der Waals surface area contributed by atoms with Crippen LogP contribution >= 0.6 is 23.2 Å². The summed E-state index contributed by atoms with van der Waals surface area (Å²) in [6, 6.07) is 5.18. The van der Waals surface area contributed by atoms with Crippen LogP contribution in [0.3, 0.4) is 0 Å². The van der Waals surface area contributed by atoms with Crippen LogP contribution in [0.5, 0.6) is 5.75 Å². The van der Waals surface area contributed by atoms with Crippen molar-refractivity contribution in [1.29, 1.82) is 0 Å². The normalized spacial score (nSPS) is 18.3. The van der Waals surface area contributed by atoms with Crippen molar-refractivity contribution in [3.8, 4) is 5.75 Å². The van der Waals surface area contributed by atoms with E-state index in [1.807, 2.05) is 0 Å². The molecule has 116 valence electrons. The van der Waals surface area contributed by atoms with Crippen molar-refractivity contribution in [2.75, 3.05) is 20.1 Å². The van der Waals surface area contributed by atoms with Gasteiger partial charge in [-0.1, -0.05) is 23.2 Å². The van der Waals surface area contributed by atoms with Gasteiger partial charge >= 0.3 is 0 Å². The molecule has 1 aliphatic rings. The van der Waals surface area contributed by atoms with Gasteiger partial charge in [-0.3, -0.25) is 4.79 Å². The zero-order chi connectivity index (χ0) is 15.4. The maximum Gasteiger partial charge on any atom is 0.260 e. The molecule has 0 radical (unpaired) electrons. The number of carbonyl (C=O) groups is 1. The summed E-state index contributed by atoms with van der Waals surface area (Å²) in [7, 11) is 2.09. The number of halogens is 2. The van der Waals surface area contributed by atoms with Gasteiger partial charge in [-0.2, -0.15) is 0 Å². The molecule has 1 N–H and O–H groups in total. The summed E-state index contributed by atoms with van der Waals surface area (Å²) in [5.41, 5.74) is 0. The highest BCUT2D eigenvalue weighted by atomic mass is 35.5. The van der Waals surface area contributed by atoms with Crippen molar-refractivity contribution in [2.24, 2.45) is 0 Å². The Balaban J connectivity index is 1.87. The molecule has 0 bridgehead atoms. The number of piperidine rings is 1. The molecular weight excluding hydrogens is 311 g/mol. The Morgan fingerprint density at radius 1 is 1.38 bits per heavy atom. The lowest BCUT2D eigenvalue weighted by Gasteiger charge is -2.30. The molecule has 1 fully saturated rings. The summed E-state index contributed by atoms with van der Waals surface area (Å²) in [5, 5.41) is 3.97. The molecule has 1 aromatic rings. The van der Waals surface area contributed by atoms with Gasteiger partial charge in [0, 0.05) is 11.1 Å². The molecule has 1 heterocycles. The highest BCUT2D eigenvalue weighted by Gasteiger charge is 2.22. The Bertz CT molecular complexity index is 502. The number of likely N-dealkylation sites (tertiary alicyclic amines) is 1. The van der Waals surface area contributed by atoms with Gasteiger partial charge < -0.3 is 15.0 Å². The summed E-state index contributed by atoms with van der Waals surface area (Å²) >= 11 is 11.9. The van der Waals surface area contributed by atoms with Crippen LogP contribution in [-0.4, -0.2) is 43.1 Å². The van der Waals surface area contributed by atoms with Crippen LogP contribution in [0.15, 0.2) is 18.2 Å². The first-order valence-corrected chi connectivity index (χ1v) is 7.82. The van der Waals surface area contributed by atoms with Gasteiger partial charge in [-0.25, -0.2) is 0 Å². The van der Waals surface area contributed by atoms with Gasteiger partial charge in [-0.15, -0.1) is 0 Å². The Labute approximate surface area is 135 Å². The Morgan fingerprint density at radius 3 is 2.67 bits per heavy atom. The summed E-state index contributed by atoms with van der Waals surface area (Å²) in [5.74, 6) is 0.350. The van der Waals surface area contributed by atoms with E-state index in [1.165, 1.54) is 0 Å². The van der Waals surface area contributed by atoms with Crippen LogP contribution in [0.1, 0.15) is 19.8 Å². The second-order valence-electron chi connectivity index (χ2n) is 5.42. The van der Waals surface area contributed by atoms with Gasteiger partial charge in [0.15, 0.2) is 6.10 Å². The number of hydrogen-bond donors (Lipinski definition) is 1. The van der Waals surface area contributed by atoms with Gasteiger partial charge in [0.25, 0.3) is 5.91 Å². The number of nitrogens with one attached hydrogen (secondary N) is 1. The second kappa shape index (κ2) is 7.34. The van der Waals surface area contributed by atoms with Crippen molar-refractivity contribution in [3.05, 3.63) is 28.2 Å². The summed E-state index contributed by atoms with van der Waals surface area (Å²) in [6.45, 7) is 3.72. The zero-order valence-electron chi connectivity index (χ0n) is 12.2. The number of nitrogens with zero attached hydrogens (tertiary/aromatic N) is 1. The van der Waals surface area contributed by atoms with E-state index in [2.05, 4.69) is 17.3 Å². The fourth-order valence-corrected chi connectivity index (χ4v) is 2.74. The van der Waals surface area contributed by atoms with Crippen LogP contribution in [0, 0.1) is 0 Å². The standard InChI is InChI=1S/C15H20Cl2N2O2/c1-10(21-14-4-3-11(16)9-13(14)17)15(20)18-12-5-7-19(2)8-6-12/h3-4,9-10,12H,5-8H2,1-2H3,(H,18,20)/t10-/m0/s1. The molecule has 4 nitrogen and oxygen atoms in total. The van der Waals surface area contributed by atoms with Crippen LogP contribution < -0.4 is 10.1 Å².